The molecule has 1 heterocycles. The fourth-order valence-electron chi connectivity index (χ4n) is 2.42. The second-order valence-electron chi connectivity index (χ2n) is 4.61. The predicted molar refractivity (Wildman–Crippen MR) is 80.8 cm³/mol. The van der Waals surface area contributed by atoms with Crippen molar-refractivity contribution in [3.05, 3.63) is 62.6 Å². The molecular weight excluding hydrogens is 326 g/mol. The standard InChI is InChI=1S/C15H13BrClNO/c16-11-6-10(7-12(17)8-11)14(18)13-3-1-2-9-4-5-19-15(9)13/h1-3,6-8,14H,4-5,18H2. The van der Waals surface area contributed by atoms with Crippen LogP contribution in [0.2, 0.25) is 5.02 Å². The Balaban J connectivity index is 2.04. The minimum atomic E-state index is -0.233. The fourth-order valence-corrected chi connectivity index (χ4v) is 3.31. The van der Waals surface area contributed by atoms with Crippen LogP contribution in [0.1, 0.15) is 22.7 Å². The van der Waals surface area contributed by atoms with E-state index in [2.05, 4.69) is 22.0 Å². The van der Waals surface area contributed by atoms with Gasteiger partial charge < -0.3 is 10.5 Å². The summed E-state index contributed by atoms with van der Waals surface area (Å²) in [5.41, 5.74) is 9.59. The van der Waals surface area contributed by atoms with Crippen LogP contribution in [-0.4, -0.2) is 6.61 Å². The van der Waals surface area contributed by atoms with Crippen LogP contribution in [0.25, 0.3) is 0 Å². The molecule has 0 bridgehead atoms. The second-order valence-corrected chi connectivity index (χ2v) is 5.97. The topological polar surface area (TPSA) is 35.2 Å². The van der Waals surface area contributed by atoms with Gasteiger partial charge in [-0.2, -0.15) is 0 Å². The molecule has 0 radical (unpaired) electrons. The van der Waals surface area contributed by atoms with Crippen LogP contribution < -0.4 is 10.5 Å². The summed E-state index contributed by atoms with van der Waals surface area (Å²) in [7, 11) is 0. The number of nitrogens with two attached hydrogens (primary N) is 1. The summed E-state index contributed by atoms with van der Waals surface area (Å²) in [5, 5.41) is 0.674. The highest BCUT2D eigenvalue weighted by Gasteiger charge is 2.21. The molecule has 2 aromatic rings. The number of ether oxygens (including phenoxy) is 1. The highest BCUT2D eigenvalue weighted by atomic mass is 79.9. The Bertz CT molecular complexity index is 609. The van der Waals surface area contributed by atoms with Gasteiger partial charge in [-0.05, 0) is 29.3 Å². The first-order chi connectivity index (χ1) is 9.15. The molecule has 1 unspecified atom stereocenters. The highest BCUT2D eigenvalue weighted by molar-refractivity contribution is 9.10. The molecule has 98 valence electrons. The molecule has 0 saturated carbocycles. The van der Waals surface area contributed by atoms with Gasteiger partial charge >= 0.3 is 0 Å². The Kier molecular flexibility index (Phi) is 3.52. The quantitative estimate of drug-likeness (QED) is 0.895. The predicted octanol–water partition coefficient (Wildman–Crippen LogP) is 4.09. The molecule has 0 aliphatic carbocycles. The lowest BCUT2D eigenvalue weighted by atomic mass is 9.97. The van der Waals surface area contributed by atoms with E-state index in [0.717, 1.165) is 34.4 Å². The van der Waals surface area contributed by atoms with Gasteiger partial charge in [0.05, 0.1) is 12.6 Å². The van der Waals surface area contributed by atoms with Crippen molar-refractivity contribution in [2.24, 2.45) is 5.73 Å². The van der Waals surface area contributed by atoms with E-state index in [1.807, 2.05) is 30.3 Å². The summed E-state index contributed by atoms with van der Waals surface area (Å²) < 4.78 is 6.64. The first-order valence-electron chi connectivity index (χ1n) is 6.11. The van der Waals surface area contributed by atoms with Crippen molar-refractivity contribution in [3.8, 4) is 5.75 Å². The zero-order chi connectivity index (χ0) is 13.4. The fraction of sp³-hybridized carbons (Fsp3) is 0.200. The molecule has 0 amide bonds. The highest BCUT2D eigenvalue weighted by Crippen LogP contribution is 2.36. The van der Waals surface area contributed by atoms with Crippen LogP contribution in [0.3, 0.4) is 0 Å². The summed E-state index contributed by atoms with van der Waals surface area (Å²) in [6.07, 6.45) is 0.954. The molecule has 2 N–H and O–H groups in total. The SMILES string of the molecule is NC(c1cc(Cl)cc(Br)c1)c1cccc2c1OCC2. The van der Waals surface area contributed by atoms with Crippen LogP contribution >= 0.6 is 27.5 Å². The Morgan fingerprint density at radius 3 is 2.89 bits per heavy atom. The van der Waals surface area contributed by atoms with E-state index in [0.29, 0.717) is 5.02 Å². The number of hydrogen-bond acceptors (Lipinski definition) is 2. The summed E-state index contributed by atoms with van der Waals surface area (Å²) in [4.78, 5) is 0. The molecule has 1 aliphatic heterocycles. The summed E-state index contributed by atoms with van der Waals surface area (Å²) in [6.45, 7) is 0.734. The Hall–Kier alpha value is -1.03. The zero-order valence-corrected chi connectivity index (χ0v) is 12.5. The molecule has 0 saturated heterocycles. The Labute approximate surface area is 125 Å². The van der Waals surface area contributed by atoms with Gasteiger partial charge in [0.25, 0.3) is 0 Å². The second kappa shape index (κ2) is 5.16. The molecule has 4 heteroatoms. The molecule has 0 aromatic heterocycles. The summed E-state index contributed by atoms with van der Waals surface area (Å²) >= 11 is 9.53. The monoisotopic (exact) mass is 337 g/mol. The molecule has 3 rings (SSSR count). The normalized spacial score (nSPS) is 14.9. The molecule has 0 spiro atoms. The maximum Gasteiger partial charge on any atom is 0.127 e. The van der Waals surface area contributed by atoms with E-state index in [9.17, 15) is 0 Å². The number of benzene rings is 2. The van der Waals surface area contributed by atoms with E-state index in [1.54, 1.807) is 0 Å². The minimum absolute atomic E-state index is 0.233. The van der Waals surface area contributed by atoms with Crippen molar-refractivity contribution >= 4 is 27.5 Å². The minimum Gasteiger partial charge on any atom is -0.493 e. The van der Waals surface area contributed by atoms with Crippen LogP contribution in [0.5, 0.6) is 5.75 Å². The van der Waals surface area contributed by atoms with Gasteiger partial charge in [0.1, 0.15) is 5.75 Å². The van der Waals surface area contributed by atoms with Gasteiger partial charge in [0.2, 0.25) is 0 Å². The smallest absolute Gasteiger partial charge is 0.127 e. The van der Waals surface area contributed by atoms with E-state index in [4.69, 9.17) is 22.1 Å². The lowest BCUT2D eigenvalue weighted by molar-refractivity contribution is 0.352. The van der Waals surface area contributed by atoms with Gasteiger partial charge in [0.15, 0.2) is 0 Å². The van der Waals surface area contributed by atoms with Crippen molar-refractivity contribution < 1.29 is 4.74 Å². The van der Waals surface area contributed by atoms with Crippen LogP contribution in [0.4, 0.5) is 0 Å². The van der Waals surface area contributed by atoms with Crippen molar-refractivity contribution in [2.75, 3.05) is 6.61 Å². The van der Waals surface area contributed by atoms with Gasteiger partial charge in [-0.3, -0.25) is 0 Å². The molecule has 19 heavy (non-hydrogen) atoms. The maximum atomic E-state index is 6.37. The van der Waals surface area contributed by atoms with Gasteiger partial charge in [0, 0.05) is 21.5 Å². The summed E-state index contributed by atoms with van der Waals surface area (Å²) in [6, 6.07) is 11.6. The van der Waals surface area contributed by atoms with Crippen LogP contribution in [-0.2, 0) is 6.42 Å². The number of hydrogen-bond donors (Lipinski definition) is 1. The van der Waals surface area contributed by atoms with Crippen LogP contribution in [0.15, 0.2) is 40.9 Å². The number of halogens is 2. The third kappa shape index (κ3) is 2.50. The van der Waals surface area contributed by atoms with Crippen LogP contribution in [0, 0.1) is 0 Å². The Morgan fingerprint density at radius 1 is 1.26 bits per heavy atom. The van der Waals surface area contributed by atoms with E-state index in [1.165, 1.54) is 5.56 Å². The lowest BCUT2D eigenvalue weighted by Crippen LogP contribution is -2.13. The number of rotatable bonds is 2. The molecular formula is C15H13BrClNO. The Morgan fingerprint density at radius 2 is 2.11 bits per heavy atom. The third-order valence-electron chi connectivity index (χ3n) is 3.32. The van der Waals surface area contributed by atoms with Crippen molar-refractivity contribution in [1.82, 2.24) is 0 Å². The average Bonchev–Trinajstić information content (AvgIpc) is 2.84. The van der Waals surface area contributed by atoms with Crippen molar-refractivity contribution in [3.63, 3.8) is 0 Å². The number of fused-ring (bicyclic) bond motifs is 1. The molecule has 2 aromatic carbocycles. The largest absolute Gasteiger partial charge is 0.493 e. The molecule has 2 nitrogen and oxygen atoms in total. The van der Waals surface area contributed by atoms with Crippen molar-refractivity contribution in [1.29, 1.82) is 0 Å². The molecule has 1 atom stereocenters. The summed E-state index contributed by atoms with van der Waals surface area (Å²) in [5.74, 6) is 0.936. The van der Waals surface area contributed by atoms with Gasteiger partial charge in [-0.25, -0.2) is 0 Å². The first kappa shape index (κ1) is 13.0. The number of para-hydroxylation sites is 1. The van der Waals surface area contributed by atoms with E-state index >= 15 is 0 Å². The van der Waals surface area contributed by atoms with Gasteiger partial charge in [-0.1, -0.05) is 45.7 Å². The maximum absolute atomic E-state index is 6.37. The van der Waals surface area contributed by atoms with E-state index in [-0.39, 0.29) is 6.04 Å². The first-order valence-corrected chi connectivity index (χ1v) is 7.28. The molecule has 1 aliphatic rings. The van der Waals surface area contributed by atoms with E-state index < -0.39 is 0 Å². The van der Waals surface area contributed by atoms with Crippen molar-refractivity contribution in [2.45, 2.75) is 12.5 Å². The average molecular weight is 339 g/mol. The third-order valence-corrected chi connectivity index (χ3v) is 4.00. The molecule has 0 fully saturated rings. The zero-order valence-electron chi connectivity index (χ0n) is 10.2. The lowest BCUT2D eigenvalue weighted by Gasteiger charge is -2.16. The van der Waals surface area contributed by atoms with Gasteiger partial charge in [-0.15, -0.1) is 0 Å².